The molecule has 4 aliphatic heterocycles. The van der Waals surface area contributed by atoms with Crippen LogP contribution >= 0.6 is 0 Å². The van der Waals surface area contributed by atoms with Crippen molar-refractivity contribution in [2.24, 2.45) is 5.92 Å². The summed E-state index contributed by atoms with van der Waals surface area (Å²) in [6.45, 7) is 8.08. The summed E-state index contributed by atoms with van der Waals surface area (Å²) in [6.07, 6.45) is 6.85. The predicted octanol–water partition coefficient (Wildman–Crippen LogP) is 3.21. The molecule has 0 radical (unpaired) electrons. The zero-order chi connectivity index (χ0) is 24.9. The van der Waals surface area contributed by atoms with E-state index in [1.54, 1.807) is 17.0 Å². The lowest BCUT2D eigenvalue weighted by molar-refractivity contribution is 0.0298. The van der Waals surface area contributed by atoms with E-state index in [4.69, 9.17) is 9.47 Å². The van der Waals surface area contributed by atoms with Crippen LogP contribution in [0.1, 0.15) is 48.2 Å². The number of benzene rings is 1. The maximum Gasteiger partial charge on any atom is 0.272 e. The number of amides is 1. The number of hydrogen-bond donors (Lipinski definition) is 1. The predicted molar refractivity (Wildman–Crippen MR) is 135 cm³/mol. The molecule has 5 heterocycles. The third kappa shape index (κ3) is 5.72. The van der Waals surface area contributed by atoms with Crippen molar-refractivity contribution in [2.75, 3.05) is 59.2 Å². The molecule has 0 aliphatic carbocycles. The molecular formula is C26H35FN4O4S. The highest BCUT2D eigenvalue weighted by molar-refractivity contribution is 7.84. The van der Waals surface area contributed by atoms with Crippen molar-refractivity contribution < 1.29 is 22.9 Å². The van der Waals surface area contributed by atoms with Crippen LogP contribution in [0.3, 0.4) is 0 Å². The van der Waals surface area contributed by atoms with Gasteiger partial charge in [0.2, 0.25) is 0 Å². The Morgan fingerprint density at radius 1 is 1.08 bits per heavy atom. The zero-order valence-corrected chi connectivity index (χ0v) is 21.5. The number of halogens is 1. The first kappa shape index (κ1) is 25.5. The summed E-state index contributed by atoms with van der Waals surface area (Å²) in [4.78, 5) is 17.1. The van der Waals surface area contributed by atoms with Crippen LogP contribution < -0.4 is 0 Å². The first-order chi connectivity index (χ1) is 17.6. The third-order valence-corrected chi connectivity index (χ3v) is 8.92. The second-order valence-electron chi connectivity index (χ2n) is 9.83. The molecule has 1 amide bonds. The van der Waals surface area contributed by atoms with Gasteiger partial charge in [0, 0.05) is 37.4 Å². The molecule has 8 nitrogen and oxygen atoms in total. The number of morpholine rings is 1. The number of likely N-dealkylation sites (tertiary alicyclic amines) is 1. The smallest absolute Gasteiger partial charge is 0.272 e. The van der Waals surface area contributed by atoms with Crippen molar-refractivity contribution in [3.8, 4) is 11.3 Å². The Balaban J connectivity index is 0.000000174. The van der Waals surface area contributed by atoms with E-state index >= 15 is 0 Å². The van der Waals surface area contributed by atoms with E-state index in [0.29, 0.717) is 48.8 Å². The van der Waals surface area contributed by atoms with Gasteiger partial charge >= 0.3 is 0 Å². The van der Waals surface area contributed by atoms with Crippen LogP contribution in [0.2, 0.25) is 0 Å². The van der Waals surface area contributed by atoms with E-state index < -0.39 is 16.6 Å². The fraction of sp³-hybridized carbons (Fsp3) is 0.615. The number of ether oxygens (including phenoxy) is 2. The van der Waals surface area contributed by atoms with Gasteiger partial charge in [-0.3, -0.25) is 14.1 Å². The SMILES string of the molecule is C1CCN(CCC2CCOCC2)C1.O=C(c1[nH]nc2c1CS(=O)c1c(F)cccc1-2)N1CCOCC1. The Kier molecular flexibility index (Phi) is 8.46. The standard InChI is InChI=1S/C15H14FN3O3S.C11H21NO/c16-11-3-1-2-9-12-10(8-23(21)14(9)11)13(18-17-12)15(20)19-4-6-22-7-5-19;1-2-7-12(6-1)8-3-11-4-9-13-10-5-11/h1-3H,4-8H2,(H,17,18);11H,1-10H2. The second kappa shape index (κ2) is 11.9. The van der Waals surface area contributed by atoms with Crippen molar-refractivity contribution in [3.63, 3.8) is 0 Å². The Labute approximate surface area is 214 Å². The number of hydrogen-bond acceptors (Lipinski definition) is 6. The summed E-state index contributed by atoms with van der Waals surface area (Å²) in [5, 5.41) is 6.94. The van der Waals surface area contributed by atoms with Crippen LogP contribution in [0.4, 0.5) is 4.39 Å². The van der Waals surface area contributed by atoms with Crippen LogP contribution in [0, 0.1) is 11.7 Å². The normalized spacial score (nSPS) is 22.5. The molecule has 3 fully saturated rings. The van der Waals surface area contributed by atoms with Crippen molar-refractivity contribution in [2.45, 2.75) is 42.8 Å². The average Bonchev–Trinajstić information content (AvgIpc) is 3.59. The Morgan fingerprint density at radius 3 is 2.56 bits per heavy atom. The highest BCUT2D eigenvalue weighted by Crippen LogP contribution is 2.37. The van der Waals surface area contributed by atoms with Crippen molar-refractivity contribution >= 4 is 16.7 Å². The fourth-order valence-corrected chi connectivity index (χ4v) is 6.75. The molecule has 0 saturated carbocycles. The summed E-state index contributed by atoms with van der Waals surface area (Å²) < 4.78 is 37.0. The summed E-state index contributed by atoms with van der Waals surface area (Å²) in [6, 6.07) is 4.52. The minimum absolute atomic E-state index is 0.0885. The van der Waals surface area contributed by atoms with Gasteiger partial charge in [-0.05, 0) is 63.7 Å². The molecule has 0 bridgehead atoms. The topological polar surface area (TPSA) is 87.8 Å². The Bertz CT molecular complexity index is 1080. The number of nitrogens with one attached hydrogen (secondary N) is 1. The van der Waals surface area contributed by atoms with Gasteiger partial charge in [0.1, 0.15) is 11.5 Å². The van der Waals surface area contributed by atoms with E-state index in [1.807, 2.05) is 0 Å². The quantitative estimate of drug-likeness (QED) is 0.669. The zero-order valence-electron chi connectivity index (χ0n) is 20.7. The van der Waals surface area contributed by atoms with Gasteiger partial charge in [-0.2, -0.15) is 5.10 Å². The number of fused-ring (bicyclic) bond motifs is 3. The van der Waals surface area contributed by atoms with Gasteiger partial charge < -0.3 is 19.3 Å². The first-order valence-electron chi connectivity index (χ1n) is 13.0. The van der Waals surface area contributed by atoms with E-state index in [-0.39, 0.29) is 16.6 Å². The van der Waals surface area contributed by atoms with Gasteiger partial charge in [0.15, 0.2) is 0 Å². The van der Waals surface area contributed by atoms with Crippen LogP contribution in [0.15, 0.2) is 23.1 Å². The van der Waals surface area contributed by atoms with Gasteiger partial charge in [0.25, 0.3) is 5.91 Å². The van der Waals surface area contributed by atoms with Crippen molar-refractivity contribution in [1.29, 1.82) is 0 Å². The van der Waals surface area contributed by atoms with Crippen LogP contribution in [-0.2, 0) is 26.0 Å². The second-order valence-corrected chi connectivity index (χ2v) is 11.2. The molecule has 36 heavy (non-hydrogen) atoms. The molecular weight excluding hydrogens is 483 g/mol. The lowest BCUT2D eigenvalue weighted by atomic mass is 9.96. The molecule has 4 aliphatic rings. The van der Waals surface area contributed by atoms with Crippen molar-refractivity contribution in [3.05, 3.63) is 35.3 Å². The molecule has 1 N–H and O–H groups in total. The molecule has 1 aromatic heterocycles. The lowest BCUT2D eigenvalue weighted by Gasteiger charge is -2.26. The summed E-state index contributed by atoms with van der Waals surface area (Å²) in [5.74, 6) is 0.356. The summed E-state index contributed by atoms with van der Waals surface area (Å²) >= 11 is 0. The molecule has 1 aromatic carbocycles. The molecule has 2 aromatic rings. The molecule has 3 saturated heterocycles. The van der Waals surface area contributed by atoms with Crippen LogP contribution in [0.5, 0.6) is 0 Å². The largest absolute Gasteiger partial charge is 0.381 e. The maximum atomic E-state index is 14.0. The molecule has 0 spiro atoms. The van der Waals surface area contributed by atoms with Crippen molar-refractivity contribution in [1.82, 2.24) is 20.0 Å². The highest BCUT2D eigenvalue weighted by Gasteiger charge is 2.32. The molecule has 1 unspecified atom stereocenters. The van der Waals surface area contributed by atoms with Gasteiger partial charge in [-0.1, -0.05) is 12.1 Å². The summed E-state index contributed by atoms with van der Waals surface area (Å²) in [5.41, 5.74) is 1.93. The minimum Gasteiger partial charge on any atom is -0.381 e. The van der Waals surface area contributed by atoms with Gasteiger partial charge in [0.05, 0.1) is 40.4 Å². The number of aromatic nitrogens is 2. The van der Waals surface area contributed by atoms with E-state index in [0.717, 1.165) is 19.1 Å². The number of aromatic amines is 1. The third-order valence-electron chi connectivity index (χ3n) is 7.50. The van der Waals surface area contributed by atoms with Crippen LogP contribution in [0.25, 0.3) is 11.3 Å². The monoisotopic (exact) mass is 518 g/mol. The molecule has 196 valence electrons. The number of rotatable bonds is 4. The minimum atomic E-state index is -1.53. The van der Waals surface area contributed by atoms with Gasteiger partial charge in [-0.15, -0.1) is 0 Å². The lowest BCUT2D eigenvalue weighted by Crippen LogP contribution is -2.41. The molecule has 6 rings (SSSR count). The first-order valence-corrected chi connectivity index (χ1v) is 14.4. The van der Waals surface area contributed by atoms with E-state index in [1.165, 1.54) is 57.8 Å². The number of carbonyl (C=O) groups is 1. The summed E-state index contributed by atoms with van der Waals surface area (Å²) in [7, 11) is -1.53. The maximum absolute atomic E-state index is 14.0. The molecule has 1 atom stereocenters. The number of H-pyrrole nitrogens is 1. The van der Waals surface area contributed by atoms with Crippen LogP contribution in [-0.4, -0.2) is 89.3 Å². The average molecular weight is 519 g/mol. The van der Waals surface area contributed by atoms with E-state index in [9.17, 15) is 13.4 Å². The number of carbonyl (C=O) groups excluding carboxylic acids is 1. The Morgan fingerprint density at radius 2 is 1.81 bits per heavy atom. The van der Waals surface area contributed by atoms with Gasteiger partial charge in [-0.25, -0.2) is 4.39 Å². The highest BCUT2D eigenvalue weighted by atomic mass is 32.2. The fourth-order valence-electron chi connectivity index (χ4n) is 5.37. The van der Waals surface area contributed by atoms with E-state index in [2.05, 4.69) is 15.1 Å². The number of nitrogens with zero attached hydrogens (tertiary/aromatic N) is 3. The molecule has 10 heteroatoms. The Hall–Kier alpha value is -2.14.